The molecule has 1 saturated heterocycles. The van der Waals surface area contributed by atoms with E-state index in [9.17, 15) is 4.39 Å². The Bertz CT molecular complexity index is 531. The third kappa shape index (κ3) is 2.16. The van der Waals surface area contributed by atoms with Gasteiger partial charge < -0.3 is 9.88 Å². The molecule has 0 unspecified atom stereocenters. The van der Waals surface area contributed by atoms with Crippen LogP contribution < -0.4 is 5.32 Å². The van der Waals surface area contributed by atoms with E-state index in [0.717, 1.165) is 25.2 Å². The molecule has 0 atom stereocenters. The summed E-state index contributed by atoms with van der Waals surface area (Å²) in [5.74, 6) is 0.442. The molecule has 1 aliphatic heterocycles. The van der Waals surface area contributed by atoms with Gasteiger partial charge in [-0.2, -0.15) is 0 Å². The van der Waals surface area contributed by atoms with Gasteiger partial charge in [-0.25, -0.2) is 9.37 Å². The summed E-state index contributed by atoms with van der Waals surface area (Å²) in [5.41, 5.74) is 2.02. The van der Waals surface area contributed by atoms with Gasteiger partial charge in [-0.3, -0.25) is 0 Å². The number of halogens is 1. The Hall–Kier alpha value is -1.68. The summed E-state index contributed by atoms with van der Waals surface area (Å²) >= 11 is 0. The highest BCUT2D eigenvalue weighted by atomic mass is 19.1. The molecule has 0 radical (unpaired) electrons. The van der Waals surface area contributed by atoms with Crippen molar-refractivity contribution in [1.82, 2.24) is 14.9 Å². The van der Waals surface area contributed by atoms with Crippen molar-refractivity contribution in [1.29, 1.82) is 0 Å². The molecule has 94 valence electrons. The Morgan fingerprint density at radius 3 is 2.89 bits per heavy atom. The van der Waals surface area contributed by atoms with Crippen LogP contribution in [0.4, 0.5) is 4.39 Å². The van der Waals surface area contributed by atoms with Crippen LogP contribution in [0, 0.1) is 5.82 Å². The normalized spacial score (nSPS) is 15.6. The van der Waals surface area contributed by atoms with Gasteiger partial charge in [0.2, 0.25) is 0 Å². The fourth-order valence-electron chi connectivity index (χ4n) is 2.30. The van der Waals surface area contributed by atoms with E-state index in [1.165, 1.54) is 11.8 Å². The number of imidazole rings is 1. The Labute approximate surface area is 106 Å². The lowest BCUT2D eigenvalue weighted by Gasteiger charge is -2.27. The second-order valence-electron chi connectivity index (χ2n) is 4.71. The van der Waals surface area contributed by atoms with E-state index in [-0.39, 0.29) is 5.82 Å². The van der Waals surface area contributed by atoms with Gasteiger partial charge in [0.15, 0.2) is 0 Å². The van der Waals surface area contributed by atoms with Crippen molar-refractivity contribution in [3.05, 3.63) is 53.9 Å². The number of benzene rings is 1. The maximum Gasteiger partial charge on any atom is 0.126 e. The molecule has 3 nitrogen and oxygen atoms in total. The first-order chi connectivity index (χ1) is 8.84. The van der Waals surface area contributed by atoms with Gasteiger partial charge in [0, 0.05) is 37.4 Å². The monoisotopic (exact) mass is 245 g/mol. The van der Waals surface area contributed by atoms with Gasteiger partial charge in [0.05, 0.1) is 6.33 Å². The Morgan fingerprint density at radius 2 is 2.17 bits per heavy atom. The number of nitrogens with one attached hydrogen (secondary N) is 1. The first-order valence-electron chi connectivity index (χ1n) is 6.29. The van der Waals surface area contributed by atoms with E-state index in [4.69, 9.17) is 0 Å². The third-order valence-electron chi connectivity index (χ3n) is 3.52. The maximum atomic E-state index is 13.5. The number of aryl methyl sites for hydroxylation is 2. The minimum Gasteiger partial charge on any atom is -0.334 e. The van der Waals surface area contributed by atoms with Crippen LogP contribution in [0.25, 0.3) is 0 Å². The zero-order valence-corrected chi connectivity index (χ0v) is 10.1. The van der Waals surface area contributed by atoms with Crippen LogP contribution in [0.5, 0.6) is 0 Å². The van der Waals surface area contributed by atoms with Crippen LogP contribution in [-0.2, 0) is 13.0 Å². The number of rotatable bonds is 4. The van der Waals surface area contributed by atoms with Gasteiger partial charge >= 0.3 is 0 Å². The minimum atomic E-state index is -0.121. The lowest BCUT2D eigenvalue weighted by atomic mass is 10.00. The van der Waals surface area contributed by atoms with E-state index >= 15 is 0 Å². The first kappa shape index (κ1) is 11.4. The summed E-state index contributed by atoms with van der Waals surface area (Å²) in [4.78, 5) is 4.20. The van der Waals surface area contributed by atoms with Crippen LogP contribution in [0.3, 0.4) is 0 Å². The molecule has 4 heteroatoms. The predicted molar refractivity (Wildman–Crippen MR) is 67.9 cm³/mol. The molecule has 3 rings (SSSR count). The van der Waals surface area contributed by atoms with Crippen molar-refractivity contribution < 1.29 is 4.39 Å². The molecule has 0 amide bonds. The number of nitrogens with zero attached hydrogens (tertiary/aromatic N) is 2. The van der Waals surface area contributed by atoms with E-state index < -0.39 is 0 Å². The molecule has 1 aromatic heterocycles. The molecule has 18 heavy (non-hydrogen) atoms. The Kier molecular flexibility index (Phi) is 3.11. The van der Waals surface area contributed by atoms with Crippen LogP contribution in [0.2, 0.25) is 0 Å². The lowest BCUT2D eigenvalue weighted by molar-refractivity contribution is 0.423. The Balaban J connectivity index is 1.70. The second-order valence-corrected chi connectivity index (χ2v) is 4.71. The molecular formula is C14H16FN3. The van der Waals surface area contributed by atoms with E-state index in [1.54, 1.807) is 6.07 Å². The molecule has 1 fully saturated rings. The molecule has 1 aliphatic rings. The highest BCUT2D eigenvalue weighted by Gasteiger charge is 2.22. The fourth-order valence-corrected chi connectivity index (χ4v) is 2.30. The summed E-state index contributed by atoms with van der Waals surface area (Å²) in [6.45, 7) is 2.82. The highest BCUT2D eigenvalue weighted by Crippen LogP contribution is 2.19. The van der Waals surface area contributed by atoms with Crippen molar-refractivity contribution in [3.8, 4) is 0 Å². The van der Waals surface area contributed by atoms with E-state index in [0.29, 0.717) is 12.3 Å². The Morgan fingerprint density at radius 1 is 1.33 bits per heavy atom. The predicted octanol–water partition coefficient (Wildman–Crippen LogP) is 1.95. The average Bonchev–Trinajstić information content (AvgIpc) is 2.74. The summed E-state index contributed by atoms with van der Waals surface area (Å²) in [5, 5.41) is 3.26. The highest BCUT2D eigenvalue weighted by molar-refractivity contribution is 5.18. The van der Waals surface area contributed by atoms with Crippen molar-refractivity contribution in [3.63, 3.8) is 0 Å². The molecule has 2 aromatic rings. The summed E-state index contributed by atoms with van der Waals surface area (Å²) in [6.07, 6.45) is 4.47. The standard InChI is InChI=1S/C14H16FN3/c15-13-4-2-1-3-11(13)5-6-18-10-17-9-14(18)12-7-16-8-12/h1-4,9-10,12,16H,5-8H2. The van der Waals surface area contributed by atoms with Crippen LogP contribution in [-0.4, -0.2) is 22.6 Å². The molecule has 0 aliphatic carbocycles. The molecule has 1 aromatic carbocycles. The molecule has 1 N–H and O–H groups in total. The lowest BCUT2D eigenvalue weighted by Crippen LogP contribution is -2.40. The number of hydrogen-bond donors (Lipinski definition) is 1. The smallest absolute Gasteiger partial charge is 0.126 e. The molecule has 0 bridgehead atoms. The second kappa shape index (κ2) is 4.90. The third-order valence-corrected chi connectivity index (χ3v) is 3.52. The van der Waals surface area contributed by atoms with Gasteiger partial charge in [0.1, 0.15) is 5.82 Å². The largest absolute Gasteiger partial charge is 0.334 e. The van der Waals surface area contributed by atoms with E-state index in [2.05, 4.69) is 14.9 Å². The van der Waals surface area contributed by atoms with Gasteiger partial charge in [-0.05, 0) is 18.1 Å². The van der Waals surface area contributed by atoms with Gasteiger partial charge in [-0.15, -0.1) is 0 Å². The van der Waals surface area contributed by atoms with Crippen molar-refractivity contribution in [2.24, 2.45) is 0 Å². The summed E-state index contributed by atoms with van der Waals surface area (Å²) < 4.78 is 15.7. The van der Waals surface area contributed by atoms with Crippen LogP contribution in [0.1, 0.15) is 17.2 Å². The van der Waals surface area contributed by atoms with Crippen molar-refractivity contribution in [2.75, 3.05) is 13.1 Å². The van der Waals surface area contributed by atoms with Gasteiger partial charge in [-0.1, -0.05) is 18.2 Å². The molecule has 0 spiro atoms. The average molecular weight is 245 g/mol. The number of aromatic nitrogens is 2. The number of hydrogen-bond acceptors (Lipinski definition) is 2. The fraction of sp³-hybridized carbons (Fsp3) is 0.357. The first-order valence-corrected chi connectivity index (χ1v) is 6.29. The SMILES string of the molecule is Fc1ccccc1CCn1cncc1C1CNC1. The minimum absolute atomic E-state index is 0.121. The summed E-state index contributed by atoms with van der Waals surface area (Å²) in [7, 11) is 0. The summed E-state index contributed by atoms with van der Waals surface area (Å²) in [6, 6.07) is 6.96. The molecule has 0 saturated carbocycles. The molecular weight excluding hydrogens is 229 g/mol. The van der Waals surface area contributed by atoms with Crippen LogP contribution >= 0.6 is 0 Å². The van der Waals surface area contributed by atoms with Crippen molar-refractivity contribution >= 4 is 0 Å². The topological polar surface area (TPSA) is 29.9 Å². The maximum absolute atomic E-state index is 13.5. The zero-order valence-electron chi connectivity index (χ0n) is 10.1. The quantitative estimate of drug-likeness (QED) is 0.892. The van der Waals surface area contributed by atoms with E-state index in [1.807, 2.05) is 24.7 Å². The van der Waals surface area contributed by atoms with Crippen LogP contribution in [0.15, 0.2) is 36.8 Å². The van der Waals surface area contributed by atoms with Gasteiger partial charge in [0.25, 0.3) is 0 Å². The zero-order chi connectivity index (χ0) is 12.4. The molecule has 2 heterocycles. The van der Waals surface area contributed by atoms with Crippen molar-refractivity contribution in [2.45, 2.75) is 18.9 Å².